The molecule has 88 heavy (non-hydrogen) atoms. The third-order valence-corrected chi connectivity index (χ3v) is 21.2. The SMILES string of the molecule is CC1(C)CCC(CN2CCN(c3ccc(C(=O)NS(=O)(=O)c4ccc(NC[C@H]5CC[C@H](N6CCN(CCSc7cccc8c7CN(C7CCC(=O)NC7=O)C8=O)CC6)CC5)c([N+](=O)[O-])c4)c(Oc4cnc5[nH]ccc5c4)c3)CC2)=C(c2ccc(Cl)cc2)C1. The van der Waals surface area contributed by atoms with E-state index in [1.165, 1.54) is 35.0 Å². The number of carbonyl (C=O) groups excluding carboxylic acids is 4. The highest BCUT2D eigenvalue weighted by Crippen LogP contribution is 2.44. The number of thioether (sulfide) groups is 1. The number of ether oxygens (including phenoxy) is 1. The zero-order valence-electron chi connectivity index (χ0n) is 49.6. The molecule has 4 aliphatic heterocycles. The van der Waals surface area contributed by atoms with Gasteiger partial charge in [-0.2, -0.15) is 0 Å². The van der Waals surface area contributed by atoms with Gasteiger partial charge in [0.05, 0.1) is 21.6 Å². The van der Waals surface area contributed by atoms with E-state index in [4.69, 9.17) is 16.3 Å². The average molecular weight is 1250 g/mol. The van der Waals surface area contributed by atoms with Crippen LogP contribution in [0.1, 0.15) is 103 Å². The quantitative estimate of drug-likeness (QED) is 0.0255. The number of nitrogens with one attached hydrogen (secondary N) is 4. The summed E-state index contributed by atoms with van der Waals surface area (Å²) in [5.41, 5.74) is 7.05. The van der Waals surface area contributed by atoms with Crippen LogP contribution >= 0.6 is 23.4 Å². The maximum absolute atomic E-state index is 14.2. The lowest BCUT2D eigenvalue weighted by Crippen LogP contribution is -2.52. The third-order valence-electron chi connectivity index (χ3n) is 18.6. The second-order valence-corrected chi connectivity index (χ2v) is 28.2. The first kappa shape index (κ1) is 60.9. The Kier molecular flexibility index (Phi) is 18.0. The molecule has 0 spiro atoms. The fourth-order valence-electron chi connectivity index (χ4n) is 13.5. The van der Waals surface area contributed by atoms with Gasteiger partial charge in [-0.3, -0.25) is 49.3 Å². The monoisotopic (exact) mass is 1250 g/mol. The van der Waals surface area contributed by atoms with Gasteiger partial charge < -0.3 is 24.8 Å². The van der Waals surface area contributed by atoms with Crippen LogP contribution in [0.4, 0.5) is 17.1 Å². The average Bonchev–Trinajstić information content (AvgIpc) is 2.66. The first-order valence-corrected chi connectivity index (χ1v) is 33.4. The Morgan fingerprint density at radius 1 is 0.886 bits per heavy atom. The number of aromatic nitrogens is 2. The highest BCUT2D eigenvalue weighted by atomic mass is 35.5. The van der Waals surface area contributed by atoms with Crippen LogP contribution in [0.2, 0.25) is 5.02 Å². The topological polar surface area (TPSA) is 236 Å². The van der Waals surface area contributed by atoms with Gasteiger partial charge >= 0.3 is 0 Å². The molecule has 23 heteroatoms. The summed E-state index contributed by atoms with van der Waals surface area (Å²) in [4.78, 5) is 83.3. The number of fused-ring (bicyclic) bond motifs is 2. The summed E-state index contributed by atoms with van der Waals surface area (Å²) in [6, 6.07) is 26.1. The minimum absolute atomic E-state index is 0.0471. The highest BCUT2D eigenvalue weighted by molar-refractivity contribution is 7.99. The summed E-state index contributed by atoms with van der Waals surface area (Å²) in [6.45, 7) is 14.1. The van der Waals surface area contributed by atoms with Gasteiger partial charge in [0, 0.05) is 142 Å². The van der Waals surface area contributed by atoms with Gasteiger partial charge in [-0.05, 0) is 140 Å². The van der Waals surface area contributed by atoms with E-state index in [0.717, 1.165) is 136 Å². The van der Waals surface area contributed by atoms with E-state index in [0.29, 0.717) is 55.6 Å². The number of nitro groups is 1. The summed E-state index contributed by atoms with van der Waals surface area (Å²) in [5, 5.41) is 19.7. The van der Waals surface area contributed by atoms with Gasteiger partial charge in [0.1, 0.15) is 28.9 Å². The molecule has 0 bridgehead atoms. The lowest BCUT2D eigenvalue weighted by molar-refractivity contribution is -0.384. The smallest absolute Gasteiger partial charge is 0.293 e. The zero-order chi connectivity index (χ0) is 61.3. The first-order valence-electron chi connectivity index (χ1n) is 30.5. The molecule has 12 rings (SSSR count). The van der Waals surface area contributed by atoms with E-state index in [9.17, 15) is 37.7 Å². The number of halogens is 1. The van der Waals surface area contributed by atoms with Gasteiger partial charge in [0.25, 0.3) is 27.5 Å². The summed E-state index contributed by atoms with van der Waals surface area (Å²) in [7, 11) is -4.62. The molecule has 6 heterocycles. The standard InChI is InChI=1S/C65H74ClN11O9S2/c1-65(2)22-20-45(53(37-65)43-8-10-46(66)11-9-43)40-73-26-30-75(31-27-73)48-14-16-52(58(35-48)86-49-34-44-21-23-67-61(44)69-39-49)62(79)71-88(84,85)50-15-17-55(57(36-50)77(82)83)68-38-42-6-12-47(13-7-42)74-28-24-72(25-29-74)32-33-87-59-5-3-4-51-54(59)41-76(64(51)81)56-18-19-60(78)70-63(56)80/h3-5,8-11,14-17,21,23,34-36,39,42,47,56,68H,6-7,12-13,18-20,22,24-33,37-38,40-41H2,1-2H3,(H,67,69)(H,71,79)(H,70,78,80)/t42-,47-,56?. The highest BCUT2D eigenvalue weighted by Gasteiger charge is 2.40. The van der Waals surface area contributed by atoms with Crippen molar-refractivity contribution in [3.05, 3.63) is 146 Å². The Morgan fingerprint density at radius 2 is 1.66 bits per heavy atom. The number of benzene rings is 4. The predicted molar refractivity (Wildman–Crippen MR) is 340 cm³/mol. The summed E-state index contributed by atoms with van der Waals surface area (Å²) in [5.74, 6) is -0.252. The molecule has 3 saturated heterocycles. The number of nitrogens with zero attached hydrogens (tertiary/aromatic N) is 7. The van der Waals surface area contributed by atoms with Crippen LogP contribution in [0, 0.1) is 21.4 Å². The number of anilines is 2. The molecule has 1 unspecified atom stereocenters. The molecular formula is C65H74ClN11O9S2. The first-order chi connectivity index (χ1) is 42.4. The second-order valence-electron chi connectivity index (χ2n) is 24.9. The van der Waals surface area contributed by atoms with Crippen LogP contribution in [0.25, 0.3) is 16.6 Å². The van der Waals surface area contributed by atoms with E-state index in [2.05, 4.69) is 70.9 Å². The number of pyridine rings is 1. The fraction of sp³-hybridized carbons (Fsp3) is 0.431. The molecule has 4 fully saturated rings. The molecule has 1 saturated carbocycles. The number of carbonyl (C=O) groups is 4. The van der Waals surface area contributed by atoms with E-state index < -0.39 is 43.4 Å². The normalized spacial score (nSPS) is 21.4. The van der Waals surface area contributed by atoms with Crippen LogP contribution < -0.4 is 25.0 Å². The van der Waals surface area contributed by atoms with Gasteiger partial charge in [-0.1, -0.05) is 49.2 Å². The number of nitro benzene ring substituents is 1. The molecule has 6 aliphatic rings. The lowest BCUT2D eigenvalue weighted by atomic mass is 9.72. The van der Waals surface area contributed by atoms with Gasteiger partial charge in [0.2, 0.25) is 11.8 Å². The van der Waals surface area contributed by atoms with Crippen LogP contribution in [0.15, 0.2) is 119 Å². The maximum atomic E-state index is 14.2. The number of piperidine rings is 1. The van der Waals surface area contributed by atoms with Crippen molar-refractivity contribution in [3.8, 4) is 11.5 Å². The number of H-pyrrole nitrogens is 1. The zero-order valence-corrected chi connectivity index (χ0v) is 52.0. The predicted octanol–water partition coefficient (Wildman–Crippen LogP) is 9.96. The Bertz CT molecular complexity index is 3800. The molecule has 0 radical (unpaired) electrons. The molecule has 2 aromatic heterocycles. The summed E-state index contributed by atoms with van der Waals surface area (Å²) in [6.07, 6.45) is 10.9. The molecule has 4 aromatic carbocycles. The van der Waals surface area contributed by atoms with E-state index in [1.54, 1.807) is 47.1 Å². The summed E-state index contributed by atoms with van der Waals surface area (Å²) < 4.78 is 36.6. The van der Waals surface area contributed by atoms with Crippen molar-refractivity contribution in [2.75, 3.05) is 88.0 Å². The van der Waals surface area contributed by atoms with Gasteiger partial charge in [0.15, 0.2) is 0 Å². The molecule has 1 atom stereocenters. The minimum Gasteiger partial charge on any atom is -0.455 e. The number of amides is 4. The number of piperazine rings is 2. The Labute approximate surface area is 522 Å². The van der Waals surface area contributed by atoms with Crippen LogP contribution in [0.3, 0.4) is 0 Å². The number of sulfonamides is 1. The largest absolute Gasteiger partial charge is 0.455 e. The molecule has 4 amide bonds. The van der Waals surface area contributed by atoms with Crippen molar-refractivity contribution in [1.82, 2.24) is 39.6 Å². The number of rotatable bonds is 19. The van der Waals surface area contributed by atoms with Crippen molar-refractivity contribution in [2.24, 2.45) is 11.3 Å². The Hall–Kier alpha value is -7.34. The number of hydrogen-bond donors (Lipinski definition) is 4. The molecule has 4 N–H and O–H groups in total. The van der Waals surface area contributed by atoms with Gasteiger partial charge in [-0.15, -0.1) is 11.8 Å². The van der Waals surface area contributed by atoms with Crippen molar-refractivity contribution in [1.29, 1.82) is 0 Å². The van der Waals surface area contributed by atoms with Crippen molar-refractivity contribution in [3.63, 3.8) is 0 Å². The van der Waals surface area contributed by atoms with E-state index >= 15 is 0 Å². The maximum Gasteiger partial charge on any atom is 0.293 e. The second kappa shape index (κ2) is 26.0. The summed E-state index contributed by atoms with van der Waals surface area (Å²) >= 11 is 8.01. The Morgan fingerprint density at radius 3 is 2.42 bits per heavy atom. The van der Waals surface area contributed by atoms with Crippen LogP contribution in [-0.2, 0) is 26.2 Å². The lowest BCUT2D eigenvalue weighted by Gasteiger charge is -2.42. The van der Waals surface area contributed by atoms with Crippen molar-refractivity contribution >= 4 is 90.7 Å². The number of aromatic amines is 1. The number of allylic oxidation sites excluding steroid dienone is 1. The number of hydrogen-bond acceptors (Lipinski definition) is 16. The van der Waals surface area contributed by atoms with Crippen molar-refractivity contribution < 1.29 is 37.3 Å². The minimum atomic E-state index is -4.62. The molecule has 20 nitrogen and oxygen atoms in total. The van der Waals surface area contributed by atoms with Crippen LogP contribution in [-0.4, -0.2) is 156 Å². The third kappa shape index (κ3) is 13.8. The van der Waals surface area contributed by atoms with E-state index in [1.807, 2.05) is 36.4 Å². The molecular weight excluding hydrogens is 1180 g/mol. The van der Waals surface area contributed by atoms with E-state index in [-0.39, 0.29) is 46.6 Å². The Balaban J connectivity index is 0.632. The molecule has 2 aliphatic carbocycles. The van der Waals surface area contributed by atoms with Crippen LogP contribution in [0.5, 0.6) is 11.5 Å². The van der Waals surface area contributed by atoms with Gasteiger partial charge in [-0.25, -0.2) is 18.1 Å². The fourth-order valence-corrected chi connectivity index (χ4v) is 15.7. The van der Waals surface area contributed by atoms with Crippen molar-refractivity contribution in [2.45, 2.75) is 100 Å². The molecule has 6 aromatic rings. The molecule has 462 valence electrons. The number of imide groups is 1.